The maximum absolute atomic E-state index is 12.2. The fourth-order valence-electron chi connectivity index (χ4n) is 2.33. The van der Waals surface area contributed by atoms with Crippen molar-refractivity contribution in [3.8, 4) is 0 Å². The van der Waals surface area contributed by atoms with Crippen LogP contribution >= 0.6 is 7.37 Å². The van der Waals surface area contributed by atoms with Gasteiger partial charge in [-0.05, 0) is 34.1 Å². The first-order valence-corrected chi connectivity index (χ1v) is 9.50. The minimum Gasteiger partial charge on any atom is -0.343 e. The largest absolute Gasteiger partial charge is 0.389 e. The molecule has 10 heteroatoms. The second kappa shape index (κ2) is 8.46. The molecular formula is C13H26F3N2O4P. The third-order valence-electron chi connectivity index (χ3n) is 3.61. The number of halogens is 3. The third kappa shape index (κ3) is 7.65. The Morgan fingerprint density at radius 1 is 1.22 bits per heavy atom. The average molecular weight is 362 g/mol. The lowest BCUT2D eigenvalue weighted by atomic mass is 10.2. The number of hydroxylamine groups is 2. The monoisotopic (exact) mass is 362 g/mol. The highest BCUT2D eigenvalue weighted by Crippen LogP contribution is 2.44. The summed E-state index contributed by atoms with van der Waals surface area (Å²) in [6.45, 7) is 7.11. The average Bonchev–Trinajstić information content (AvgIpc) is 2.34. The van der Waals surface area contributed by atoms with Gasteiger partial charge in [-0.25, -0.2) is 5.06 Å². The summed E-state index contributed by atoms with van der Waals surface area (Å²) in [5, 5.41) is 9.90. The molecule has 0 radical (unpaired) electrons. The number of rotatable bonds is 8. The standard InChI is InChI=1S/C13H26F3N2O4P/c1-9(2)18(11(4)23(5,21)22)10(3)12(19)17(20)8-6-7-13(14,15)16/h9-11,20H,6-8H2,1-5H3,(H,21,22). The van der Waals surface area contributed by atoms with E-state index in [1.165, 1.54) is 25.4 Å². The molecule has 0 saturated carbocycles. The Kier molecular flexibility index (Phi) is 8.23. The Morgan fingerprint density at radius 3 is 2.04 bits per heavy atom. The lowest BCUT2D eigenvalue weighted by molar-refractivity contribution is -0.175. The van der Waals surface area contributed by atoms with E-state index in [9.17, 15) is 32.6 Å². The second-order valence-corrected chi connectivity index (χ2v) is 8.61. The molecule has 138 valence electrons. The molecule has 23 heavy (non-hydrogen) atoms. The quantitative estimate of drug-likeness (QED) is 0.394. The van der Waals surface area contributed by atoms with Crippen LogP contribution in [0.4, 0.5) is 13.2 Å². The normalized spacial score (nSPS) is 17.9. The highest BCUT2D eigenvalue weighted by molar-refractivity contribution is 7.57. The highest BCUT2D eigenvalue weighted by atomic mass is 31.2. The SMILES string of the molecule is CC(C)N(C(C)C(=O)N(O)CCCC(F)(F)F)C(C)P(C)(=O)O. The van der Waals surface area contributed by atoms with Gasteiger partial charge in [0.05, 0.1) is 11.8 Å². The fourth-order valence-corrected chi connectivity index (χ4v) is 3.29. The Labute approximate surface area is 134 Å². The molecule has 0 aliphatic carbocycles. The van der Waals surface area contributed by atoms with E-state index in [2.05, 4.69) is 0 Å². The number of carbonyl (C=O) groups excluding carboxylic acids is 1. The first-order chi connectivity index (χ1) is 10.2. The molecule has 6 nitrogen and oxygen atoms in total. The highest BCUT2D eigenvalue weighted by Gasteiger charge is 2.37. The van der Waals surface area contributed by atoms with Gasteiger partial charge in [0.1, 0.15) is 0 Å². The smallest absolute Gasteiger partial charge is 0.343 e. The van der Waals surface area contributed by atoms with Crippen LogP contribution in [0.2, 0.25) is 0 Å². The van der Waals surface area contributed by atoms with Gasteiger partial charge in [0.15, 0.2) is 0 Å². The first kappa shape index (κ1) is 22.4. The molecule has 0 aromatic rings. The van der Waals surface area contributed by atoms with Gasteiger partial charge in [0.2, 0.25) is 7.37 Å². The summed E-state index contributed by atoms with van der Waals surface area (Å²) in [7, 11) is -3.51. The number of nitrogens with zero attached hydrogens (tertiary/aromatic N) is 2. The molecule has 0 heterocycles. The Morgan fingerprint density at radius 2 is 1.70 bits per heavy atom. The lowest BCUT2D eigenvalue weighted by Crippen LogP contribution is -2.52. The van der Waals surface area contributed by atoms with Gasteiger partial charge < -0.3 is 4.89 Å². The van der Waals surface area contributed by atoms with Crippen molar-refractivity contribution in [3.05, 3.63) is 0 Å². The van der Waals surface area contributed by atoms with Crippen LogP contribution < -0.4 is 0 Å². The van der Waals surface area contributed by atoms with Crippen molar-refractivity contribution in [1.82, 2.24) is 9.96 Å². The van der Waals surface area contributed by atoms with Crippen LogP contribution in [0.1, 0.15) is 40.5 Å². The summed E-state index contributed by atoms with van der Waals surface area (Å²) in [6.07, 6.45) is -5.86. The summed E-state index contributed by atoms with van der Waals surface area (Å²) >= 11 is 0. The van der Waals surface area contributed by atoms with E-state index in [0.717, 1.165) is 0 Å². The summed E-state index contributed by atoms with van der Waals surface area (Å²) in [4.78, 5) is 23.3. The van der Waals surface area contributed by atoms with Crippen LogP contribution in [-0.4, -0.2) is 63.2 Å². The zero-order chi connectivity index (χ0) is 18.6. The van der Waals surface area contributed by atoms with E-state index in [1.807, 2.05) is 0 Å². The Bertz CT molecular complexity index is 439. The molecule has 0 bridgehead atoms. The minimum absolute atomic E-state index is 0.246. The van der Waals surface area contributed by atoms with Crippen LogP contribution in [-0.2, 0) is 9.36 Å². The number of carbonyl (C=O) groups is 1. The lowest BCUT2D eigenvalue weighted by Gasteiger charge is -2.38. The van der Waals surface area contributed by atoms with Crippen molar-refractivity contribution < 1.29 is 32.6 Å². The van der Waals surface area contributed by atoms with Crippen molar-refractivity contribution in [1.29, 1.82) is 0 Å². The zero-order valence-corrected chi connectivity index (χ0v) is 14.9. The predicted octanol–water partition coefficient (Wildman–Crippen LogP) is 2.89. The molecule has 0 fully saturated rings. The summed E-state index contributed by atoms with van der Waals surface area (Å²) in [5.41, 5.74) is 0. The van der Waals surface area contributed by atoms with E-state index in [1.54, 1.807) is 13.8 Å². The van der Waals surface area contributed by atoms with Crippen molar-refractivity contribution in [2.24, 2.45) is 0 Å². The van der Waals surface area contributed by atoms with E-state index in [-0.39, 0.29) is 11.1 Å². The molecule has 0 rings (SSSR count). The van der Waals surface area contributed by atoms with Gasteiger partial charge in [0.25, 0.3) is 5.91 Å². The third-order valence-corrected chi connectivity index (χ3v) is 5.26. The van der Waals surface area contributed by atoms with E-state index in [0.29, 0.717) is 0 Å². The van der Waals surface area contributed by atoms with Gasteiger partial charge in [-0.3, -0.25) is 19.5 Å². The van der Waals surface area contributed by atoms with E-state index in [4.69, 9.17) is 0 Å². The van der Waals surface area contributed by atoms with Crippen LogP contribution in [0, 0.1) is 0 Å². The summed E-state index contributed by atoms with van der Waals surface area (Å²) in [5.74, 6) is -1.63. The molecule has 0 aliphatic rings. The molecular weight excluding hydrogens is 336 g/mol. The molecule has 3 atom stereocenters. The molecule has 0 aliphatic heterocycles. The molecule has 1 amide bonds. The van der Waals surface area contributed by atoms with Crippen LogP contribution in [0.5, 0.6) is 0 Å². The molecule has 2 N–H and O–H groups in total. The Hall–Kier alpha value is -0.630. The van der Waals surface area contributed by atoms with E-state index < -0.39 is 50.7 Å². The molecule has 0 aromatic carbocycles. The molecule has 3 unspecified atom stereocenters. The van der Waals surface area contributed by atoms with Gasteiger partial charge in [-0.1, -0.05) is 0 Å². The van der Waals surface area contributed by atoms with Crippen LogP contribution in [0.15, 0.2) is 0 Å². The van der Waals surface area contributed by atoms with Gasteiger partial charge in [-0.2, -0.15) is 13.2 Å². The molecule has 0 aromatic heterocycles. The first-order valence-electron chi connectivity index (χ1n) is 7.33. The predicted molar refractivity (Wildman–Crippen MR) is 80.4 cm³/mol. The minimum atomic E-state index is -4.35. The van der Waals surface area contributed by atoms with Crippen LogP contribution in [0.25, 0.3) is 0 Å². The van der Waals surface area contributed by atoms with Crippen LogP contribution in [0.3, 0.4) is 0 Å². The Balaban J connectivity index is 4.91. The number of amides is 1. The number of alkyl halides is 3. The maximum Gasteiger partial charge on any atom is 0.389 e. The fraction of sp³-hybridized carbons (Fsp3) is 0.923. The number of hydrogen-bond donors (Lipinski definition) is 2. The van der Waals surface area contributed by atoms with E-state index >= 15 is 0 Å². The summed E-state index contributed by atoms with van der Waals surface area (Å²) < 4.78 is 48.1. The number of hydrogen-bond acceptors (Lipinski definition) is 4. The summed E-state index contributed by atoms with van der Waals surface area (Å²) in [6, 6.07) is -1.21. The zero-order valence-electron chi connectivity index (χ0n) is 14.0. The van der Waals surface area contributed by atoms with Gasteiger partial charge in [-0.15, -0.1) is 0 Å². The molecule has 0 saturated heterocycles. The van der Waals surface area contributed by atoms with Gasteiger partial charge in [0, 0.05) is 25.7 Å². The van der Waals surface area contributed by atoms with Crippen molar-refractivity contribution in [2.45, 2.75) is 64.6 Å². The van der Waals surface area contributed by atoms with Crippen molar-refractivity contribution in [2.75, 3.05) is 13.2 Å². The van der Waals surface area contributed by atoms with Gasteiger partial charge >= 0.3 is 6.18 Å². The van der Waals surface area contributed by atoms with Crippen molar-refractivity contribution in [3.63, 3.8) is 0 Å². The second-order valence-electron chi connectivity index (χ2n) is 5.97. The molecule has 0 spiro atoms. The maximum atomic E-state index is 12.2. The topological polar surface area (TPSA) is 81.1 Å². The van der Waals surface area contributed by atoms with Crippen molar-refractivity contribution >= 4 is 13.3 Å².